The molecule has 0 amide bonds. The van der Waals surface area contributed by atoms with E-state index in [4.69, 9.17) is 0 Å². The van der Waals surface area contributed by atoms with Crippen molar-refractivity contribution in [1.29, 1.82) is 0 Å². The number of thiol groups is 1. The lowest BCUT2D eigenvalue weighted by molar-refractivity contribution is -0.388. The maximum absolute atomic E-state index is 11.8. The summed E-state index contributed by atoms with van der Waals surface area (Å²) >= 11 is 3.60. The largest absolute Gasteiger partial charge is 0.573 e. The summed E-state index contributed by atoms with van der Waals surface area (Å²) in [6, 6.07) is 3.06. The molecule has 8 heteroatoms. The third-order valence-corrected chi connectivity index (χ3v) is 1.85. The monoisotopic (exact) mass is 239 g/mol. The van der Waals surface area contributed by atoms with Gasteiger partial charge in [0.25, 0.3) is 5.69 Å². The maximum Gasteiger partial charge on any atom is 0.573 e. The Morgan fingerprint density at radius 2 is 2.00 bits per heavy atom. The number of ether oxygens (including phenoxy) is 1. The molecule has 0 radical (unpaired) electrons. The Morgan fingerprint density at radius 1 is 1.40 bits per heavy atom. The highest BCUT2D eigenvalue weighted by Gasteiger charge is 2.33. The minimum absolute atomic E-state index is 0.458. The Balaban J connectivity index is 3.10. The van der Waals surface area contributed by atoms with Gasteiger partial charge in [-0.05, 0) is 6.07 Å². The zero-order chi connectivity index (χ0) is 11.6. The van der Waals surface area contributed by atoms with Gasteiger partial charge in [-0.25, -0.2) is 0 Å². The van der Waals surface area contributed by atoms with Crippen LogP contribution in [0.3, 0.4) is 0 Å². The Labute approximate surface area is 87.2 Å². The molecule has 0 aliphatic rings. The van der Waals surface area contributed by atoms with E-state index in [1.54, 1.807) is 0 Å². The molecule has 0 aromatic heterocycles. The summed E-state index contributed by atoms with van der Waals surface area (Å²) in [6.07, 6.45) is -4.90. The highest BCUT2D eigenvalue weighted by atomic mass is 32.1. The van der Waals surface area contributed by atoms with Crippen LogP contribution in [0.4, 0.5) is 18.9 Å². The number of hydrogen-bond donors (Lipinski definition) is 1. The molecule has 0 fully saturated rings. The van der Waals surface area contributed by atoms with Crippen LogP contribution in [0.25, 0.3) is 0 Å². The van der Waals surface area contributed by atoms with Crippen LogP contribution in [-0.4, -0.2) is 11.3 Å². The highest BCUT2D eigenvalue weighted by Crippen LogP contribution is 2.34. The van der Waals surface area contributed by atoms with Gasteiger partial charge >= 0.3 is 6.36 Å². The third-order valence-electron chi connectivity index (χ3n) is 1.40. The van der Waals surface area contributed by atoms with E-state index in [1.165, 1.54) is 0 Å². The maximum atomic E-state index is 11.8. The predicted molar refractivity (Wildman–Crippen MR) is 47.0 cm³/mol. The lowest BCUT2D eigenvalue weighted by atomic mass is 10.3. The van der Waals surface area contributed by atoms with Gasteiger partial charge in [0.15, 0.2) is 0 Å². The Hall–Kier alpha value is -1.44. The van der Waals surface area contributed by atoms with Crippen molar-refractivity contribution in [2.24, 2.45) is 0 Å². The van der Waals surface area contributed by atoms with Gasteiger partial charge in [0.2, 0.25) is 0 Å². The van der Waals surface area contributed by atoms with E-state index in [0.717, 1.165) is 18.2 Å². The van der Waals surface area contributed by atoms with Gasteiger partial charge in [0, 0.05) is 6.07 Å². The standard InChI is InChI=1S/C7H4F3NO3S/c8-7(9,10)14-5-3-1-2-4(6(5)15)11(12)13/h1-3,15H. The Kier molecular flexibility index (Phi) is 3.08. The smallest absolute Gasteiger partial charge is 0.404 e. The molecule has 0 bridgehead atoms. The second-order valence-corrected chi connectivity index (χ2v) is 2.88. The van der Waals surface area contributed by atoms with Crippen LogP contribution in [0.2, 0.25) is 0 Å². The van der Waals surface area contributed by atoms with Crippen LogP contribution < -0.4 is 4.74 Å². The zero-order valence-corrected chi connectivity index (χ0v) is 7.88. The van der Waals surface area contributed by atoms with E-state index in [0.29, 0.717) is 0 Å². The highest BCUT2D eigenvalue weighted by molar-refractivity contribution is 7.80. The van der Waals surface area contributed by atoms with Crippen molar-refractivity contribution in [1.82, 2.24) is 0 Å². The molecule has 0 saturated heterocycles. The van der Waals surface area contributed by atoms with E-state index in [1.807, 2.05) is 0 Å². The number of alkyl halides is 3. The van der Waals surface area contributed by atoms with Crippen molar-refractivity contribution < 1.29 is 22.8 Å². The molecule has 4 nitrogen and oxygen atoms in total. The van der Waals surface area contributed by atoms with Crippen molar-refractivity contribution >= 4 is 18.3 Å². The van der Waals surface area contributed by atoms with E-state index < -0.39 is 27.6 Å². The molecular weight excluding hydrogens is 235 g/mol. The fraction of sp³-hybridized carbons (Fsp3) is 0.143. The molecule has 1 aromatic rings. The second-order valence-electron chi connectivity index (χ2n) is 2.43. The molecule has 0 heterocycles. The molecule has 0 spiro atoms. The van der Waals surface area contributed by atoms with Gasteiger partial charge in [0.1, 0.15) is 10.6 Å². The van der Waals surface area contributed by atoms with Crippen molar-refractivity contribution in [3.8, 4) is 5.75 Å². The van der Waals surface area contributed by atoms with Gasteiger partial charge < -0.3 is 4.74 Å². The number of nitro groups is 1. The number of halogens is 3. The zero-order valence-electron chi connectivity index (χ0n) is 6.99. The molecule has 1 rings (SSSR count). The predicted octanol–water partition coefficient (Wildman–Crippen LogP) is 2.78. The number of hydrogen-bond acceptors (Lipinski definition) is 4. The first-order valence-corrected chi connectivity index (χ1v) is 3.98. The summed E-state index contributed by atoms with van der Waals surface area (Å²) in [5, 5.41) is 10.4. The summed E-state index contributed by atoms with van der Waals surface area (Å²) in [5.41, 5.74) is -0.542. The lowest BCUT2D eigenvalue weighted by Crippen LogP contribution is -2.17. The topological polar surface area (TPSA) is 52.4 Å². The number of benzene rings is 1. The number of nitro benzene ring substituents is 1. The fourth-order valence-electron chi connectivity index (χ4n) is 0.865. The normalized spacial score (nSPS) is 11.2. The number of rotatable bonds is 2. The average molecular weight is 239 g/mol. The minimum atomic E-state index is -4.90. The van der Waals surface area contributed by atoms with Crippen LogP contribution in [-0.2, 0) is 0 Å². The summed E-state index contributed by atoms with van der Waals surface area (Å²) in [6.45, 7) is 0. The van der Waals surface area contributed by atoms with Gasteiger partial charge in [-0.2, -0.15) is 0 Å². The van der Waals surface area contributed by atoms with Crippen molar-refractivity contribution in [3.63, 3.8) is 0 Å². The van der Waals surface area contributed by atoms with Gasteiger partial charge in [-0.1, -0.05) is 6.07 Å². The fourth-order valence-corrected chi connectivity index (χ4v) is 1.14. The molecule has 0 saturated carbocycles. The molecule has 0 atom stereocenters. The van der Waals surface area contributed by atoms with Crippen molar-refractivity contribution in [2.75, 3.05) is 0 Å². The van der Waals surface area contributed by atoms with E-state index in [9.17, 15) is 23.3 Å². The summed E-state index contributed by atoms with van der Waals surface area (Å²) < 4.78 is 39.0. The molecule has 0 unspecified atom stereocenters. The Morgan fingerprint density at radius 3 is 2.47 bits per heavy atom. The quantitative estimate of drug-likeness (QED) is 0.490. The van der Waals surface area contributed by atoms with Crippen LogP contribution in [0.1, 0.15) is 0 Å². The van der Waals surface area contributed by atoms with Crippen LogP contribution >= 0.6 is 12.6 Å². The molecule has 82 valence electrons. The van der Waals surface area contributed by atoms with E-state index >= 15 is 0 Å². The van der Waals surface area contributed by atoms with Crippen LogP contribution in [0.5, 0.6) is 5.75 Å². The minimum Gasteiger partial charge on any atom is -0.404 e. The first-order chi connectivity index (χ1) is 6.81. The van der Waals surface area contributed by atoms with Gasteiger partial charge in [-0.15, -0.1) is 25.8 Å². The van der Waals surface area contributed by atoms with Gasteiger partial charge in [-0.3, -0.25) is 10.1 Å². The second kappa shape index (κ2) is 3.97. The summed E-state index contributed by atoms with van der Waals surface area (Å²) in [4.78, 5) is 9.06. The molecule has 0 aliphatic carbocycles. The number of nitrogens with zero attached hydrogens (tertiary/aromatic N) is 1. The molecule has 15 heavy (non-hydrogen) atoms. The molecule has 0 aliphatic heterocycles. The van der Waals surface area contributed by atoms with Gasteiger partial charge in [0.05, 0.1) is 4.92 Å². The van der Waals surface area contributed by atoms with Crippen LogP contribution in [0, 0.1) is 10.1 Å². The summed E-state index contributed by atoms with van der Waals surface area (Å²) in [5.74, 6) is -0.694. The molecule has 0 N–H and O–H groups in total. The van der Waals surface area contributed by atoms with Crippen molar-refractivity contribution in [3.05, 3.63) is 28.3 Å². The summed E-state index contributed by atoms with van der Waals surface area (Å²) in [7, 11) is 0. The van der Waals surface area contributed by atoms with Crippen LogP contribution in [0.15, 0.2) is 23.1 Å². The van der Waals surface area contributed by atoms with E-state index in [-0.39, 0.29) is 0 Å². The first-order valence-electron chi connectivity index (χ1n) is 3.53. The first kappa shape index (κ1) is 11.6. The average Bonchev–Trinajstić information content (AvgIpc) is 2.05. The lowest BCUT2D eigenvalue weighted by Gasteiger charge is -2.10. The van der Waals surface area contributed by atoms with E-state index in [2.05, 4.69) is 17.4 Å². The molecule has 1 aromatic carbocycles. The third kappa shape index (κ3) is 3.01. The SMILES string of the molecule is O=[N+]([O-])c1cccc(OC(F)(F)F)c1S. The molecular formula is C7H4F3NO3S. The Bertz CT molecular complexity index is 394. The van der Waals surface area contributed by atoms with Crippen molar-refractivity contribution in [2.45, 2.75) is 11.3 Å².